The summed E-state index contributed by atoms with van der Waals surface area (Å²) in [5, 5.41) is 17.7. The highest BCUT2D eigenvalue weighted by Gasteiger charge is 2.64. The van der Waals surface area contributed by atoms with Crippen LogP contribution in [0.5, 0.6) is 0 Å². The molecule has 7 aliphatic carbocycles. The molecule has 6 unspecified atom stereocenters. The molecule has 374 valence electrons. The van der Waals surface area contributed by atoms with Gasteiger partial charge in [-0.05, 0) is 214 Å². The number of aliphatic hydroxyl groups is 1. The number of hydrogen-bond acceptors (Lipinski definition) is 7. The number of fused-ring (bicyclic) bond motifs is 8. The van der Waals surface area contributed by atoms with Gasteiger partial charge < -0.3 is 15.7 Å². The van der Waals surface area contributed by atoms with E-state index in [1.54, 1.807) is 0 Å². The molecular weight excluding hydrogens is 861 g/mol. The number of nitrogens with one attached hydrogen (secondary N) is 2. The molecule has 0 aromatic heterocycles. The van der Waals surface area contributed by atoms with Crippen LogP contribution in [-0.4, -0.2) is 73.6 Å². The van der Waals surface area contributed by atoms with Crippen molar-refractivity contribution < 1.29 is 40.6 Å². The van der Waals surface area contributed by atoms with Gasteiger partial charge in [-0.2, -0.15) is 16.8 Å². The van der Waals surface area contributed by atoms with Crippen molar-refractivity contribution in [3.05, 3.63) is 0 Å². The van der Waals surface area contributed by atoms with Crippen molar-refractivity contribution >= 4 is 32.1 Å². The van der Waals surface area contributed by atoms with Crippen molar-refractivity contribution in [2.75, 3.05) is 24.6 Å². The fourth-order valence-corrected chi connectivity index (χ4v) is 19.4. The molecular formula is C52H90N2O9S2. The van der Waals surface area contributed by atoms with Gasteiger partial charge in [-0.15, -0.1) is 0 Å². The summed E-state index contributed by atoms with van der Waals surface area (Å²) in [5.41, 5.74) is 1.11. The van der Waals surface area contributed by atoms with Gasteiger partial charge in [0.05, 0.1) is 17.6 Å². The molecule has 7 saturated carbocycles. The van der Waals surface area contributed by atoms with Gasteiger partial charge in [-0.3, -0.25) is 18.7 Å². The molecule has 0 bridgehead atoms. The molecule has 13 heteroatoms. The van der Waals surface area contributed by atoms with E-state index in [0.29, 0.717) is 71.0 Å². The Bertz CT molecular complexity index is 1910. The van der Waals surface area contributed by atoms with Crippen molar-refractivity contribution in [1.82, 2.24) is 10.6 Å². The molecule has 0 aromatic rings. The molecule has 0 heterocycles. The van der Waals surface area contributed by atoms with E-state index in [1.165, 1.54) is 89.9 Å². The predicted octanol–water partition coefficient (Wildman–Crippen LogP) is 9.74. The first-order valence-electron chi connectivity index (χ1n) is 26.5. The lowest BCUT2D eigenvalue weighted by molar-refractivity contribution is -0.164. The summed E-state index contributed by atoms with van der Waals surface area (Å²) in [6.07, 6.45) is 23.3. The van der Waals surface area contributed by atoms with Crippen molar-refractivity contribution in [2.24, 2.45) is 98.6 Å². The molecule has 7 aliphatic rings. The maximum absolute atomic E-state index is 12.6. The summed E-state index contributed by atoms with van der Waals surface area (Å²) in [6.45, 7) is 17.3. The van der Waals surface area contributed by atoms with Crippen LogP contribution >= 0.6 is 0 Å². The maximum Gasteiger partial charge on any atom is 0.266 e. The molecule has 0 spiro atoms. The van der Waals surface area contributed by atoms with E-state index in [2.05, 4.69) is 59.1 Å². The van der Waals surface area contributed by atoms with Crippen molar-refractivity contribution in [3.8, 4) is 0 Å². The summed E-state index contributed by atoms with van der Waals surface area (Å²) >= 11 is 0. The van der Waals surface area contributed by atoms with E-state index in [0.717, 1.165) is 61.7 Å². The normalized spacial score (nSPS) is 43.5. The van der Waals surface area contributed by atoms with Gasteiger partial charge >= 0.3 is 0 Å². The highest BCUT2D eigenvalue weighted by molar-refractivity contribution is 7.86. The van der Waals surface area contributed by atoms with E-state index in [1.807, 2.05) is 0 Å². The highest BCUT2D eigenvalue weighted by atomic mass is 32.2. The maximum atomic E-state index is 12.6. The van der Waals surface area contributed by atoms with Gasteiger partial charge in [-0.1, -0.05) is 54.9 Å². The second kappa shape index (κ2) is 19.8. The number of amides is 2. The van der Waals surface area contributed by atoms with Crippen LogP contribution in [0.4, 0.5) is 0 Å². The fraction of sp³-hybridized carbons (Fsp3) is 0.962. The summed E-state index contributed by atoms with van der Waals surface area (Å²) in [7, 11) is -8.19. The van der Waals surface area contributed by atoms with Gasteiger partial charge in [0.15, 0.2) is 0 Å². The molecule has 2 amide bonds. The lowest BCUT2D eigenvalue weighted by atomic mass is 9.42. The average Bonchev–Trinajstić information content (AvgIpc) is 3.77. The number of aliphatic hydroxyl groups excluding tert-OH is 1. The Kier molecular flexibility index (Phi) is 15.7. The van der Waals surface area contributed by atoms with Crippen LogP contribution < -0.4 is 10.6 Å². The third-order valence-electron chi connectivity index (χ3n) is 21.8. The Morgan fingerprint density at radius 3 is 1.71 bits per heavy atom. The Balaban J connectivity index is 0.939. The van der Waals surface area contributed by atoms with E-state index in [-0.39, 0.29) is 41.8 Å². The molecule has 7 fully saturated rings. The fourth-order valence-electron chi connectivity index (χ4n) is 18.7. The van der Waals surface area contributed by atoms with Crippen LogP contribution in [0.2, 0.25) is 0 Å². The highest BCUT2D eigenvalue weighted by Crippen LogP contribution is 2.71. The molecule has 11 nitrogen and oxygen atoms in total. The summed E-state index contributed by atoms with van der Waals surface area (Å²) in [5.74, 6) is 6.55. The number of carbonyl (C=O) groups excluding carboxylic acids is 2. The van der Waals surface area contributed by atoms with Gasteiger partial charge in [-0.25, -0.2) is 0 Å². The van der Waals surface area contributed by atoms with Crippen LogP contribution in [0.25, 0.3) is 0 Å². The summed E-state index contributed by atoms with van der Waals surface area (Å²) in [6, 6.07) is 0. The first-order valence-corrected chi connectivity index (χ1v) is 29.8. The number of hydrogen-bond donors (Lipinski definition) is 5. The van der Waals surface area contributed by atoms with Gasteiger partial charge in [0, 0.05) is 25.9 Å². The van der Waals surface area contributed by atoms with E-state index in [4.69, 9.17) is 9.11 Å². The summed E-state index contributed by atoms with van der Waals surface area (Å²) < 4.78 is 62.4. The lowest BCUT2D eigenvalue weighted by Gasteiger charge is -2.63. The molecule has 0 saturated heterocycles. The average molecular weight is 951 g/mol. The SMILES string of the molecule is CCC[C@@]1(C)C(CC2CC[C@]3(C)C(CCC4[C@H]5CC[C@H]([C@@H](C)CCC(=O)NCCS(=O)(=O)O)[C@]5(C)CC[C@H]43)C2)C[C@H](O)[C@@H]2C1CC[C@@]1(C)C2CC[C@@H]1[C@@H](C)CCC(=O)NCCS(=O)(=O)O. The van der Waals surface area contributed by atoms with Gasteiger partial charge in [0.25, 0.3) is 20.2 Å². The van der Waals surface area contributed by atoms with Crippen LogP contribution in [0.1, 0.15) is 183 Å². The first kappa shape index (κ1) is 51.6. The zero-order chi connectivity index (χ0) is 47.3. The van der Waals surface area contributed by atoms with Crippen molar-refractivity contribution in [1.29, 1.82) is 0 Å². The third kappa shape index (κ3) is 10.6. The Labute approximate surface area is 394 Å². The zero-order valence-corrected chi connectivity index (χ0v) is 43.0. The van der Waals surface area contributed by atoms with E-state index in [9.17, 15) is 31.5 Å². The van der Waals surface area contributed by atoms with Crippen LogP contribution in [0, 0.1) is 98.6 Å². The lowest BCUT2D eigenvalue weighted by Crippen LogP contribution is -2.57. The minimum atomic E-state index is -4.10. The van der Waals surface area contributed by atoms with E-state index >= 15 is 0 Å². The molecule has 0 aliphatic heterocycles. The van der Waals surface area contributed by atoms with Crippen molar-refractivity contribution in [2.45, 2.75) is 189 Å². The Hall–Kier alpha value is -1.28. The molecule has 5 N–H and O–H groups in total. The third-order valence-corrected chi connectivity index (χ3v) is 23.2. The zero-order valence-electron chi connectivity index (χ0n) is 41.4. The van der Waals surface area contributed by atoms with Gasteiger partial charge in [0.1, 0.15) is 0 Å². The van der Waals surface area contributed by atoms with Crippen LogP contribution in [0.15, 0.2) is 0 Å². The quantitative estimate of drug-likeness (QED) is 0.0834. The van der Waals surface area contributed by atoms with Crippen LogP contribution in [0.3, 0.4) is 0 Å². The standard InChI is InChI=1S/C52H90N2O9S2/c1-8-22-49(4)37(32-45(55)48-43-16-14-40(52(43,7)25-21-44(48)49)34(3)10-18-47(57)54-27-29-65(61,62)63)31-35-19-23-50(5)36(30-35)11-12-38-41-15-13-39(51(41,6)24-20-42(38)50)33(2)9-17-46(56)53-26-28-64(58,59)60/h33-45,48,55H,8-32H2,1-7H3,(H,53,56)(H,54,57)(H,58,59,60)(H,61,62,63)/t33-,34-,35?,36?,37?,38?,39+,40+,41+,42+,43?,44?,45-,48-,49-,50+,51-,52+/m0/s1. The van der Waals surface area contributed by atoms with Gasteiger partial charge in [0.2, 0.25) is 11.8 Å². The second-order valence-corrected chi connectivity index (χ2v) is 28.0. The minimum Gasteiger partial charge on any atom is -0.393 e. The molecule has 0 aromatic carbocycles. The second-order valence-electron chi connectivity index (χ2n) is 24.8. The topological polar surface area (TPSA) is 187 Å². The Morgan fingerprint density at radius 1 is 0.646 bits per heavy atom. The van der Waals surface area contributed by atoms with Crippen LogP contribution in [-0.2, 0) is 29.8 Å². The summed E-state index contributed by atoms with van der Waals surface area (Å²) in [4.78, 5) is 25.1. The minimum absolute atomic E-state index is 0.0494. The molecule has 65 heavy (non-hydrogen) atoms. The molecule has 7 rings (SSSR count). The monoisotopic (exact) mass is 951 g/mol. The van der Waals surface area contributed by atoms with E-state index < -0.39 is 31.7 Å². The Morgan fingerprint density at radius 2 is 1.15 bits per heavy atom. The predicted molar refractivity (Wildman–Crippen MR) is 257 cm³/mol. The smallest absolute Gasteiger partial charge is 0.266 e. The first-order chi connectivity index (χ1) is 30.4. The molecule has 18 atom stereocenters. The molecule has 0 radical (unpaired) electrons. The number of rotatable bonds is 18. The van der Waals surface area contributed by atoms with Crippen molar-refractivity contribution in [3.63, 3.8) is 0 Å². The largest absolute Gasteiger partial charge is 0.393 e. The number of carbonyl (C=O) groups is 2.